The minimum Gasteiger partial charge on any atom is -0.467 e. The third-order valence-electron chi connectivity index (χ3n) is 2.09. The summed E-state index contributed by atoms with van der Waals surface area (Å²) in [6, 6.07) is 0. The molecule has 6 heteroatoms. The Hall–Kier alpha value is -1.14. The normalized spacial score (nSPS) is 14.1. The van der Waals surface area contributed by atoms with Gasteiger partial charge in [-0.1, -0.05) is 6.92 Å². The second-order valence-electron chi connectivity index (χ2n) is 3.12. The summed E-state index contributed by atoms with van der Waals surface area (Å²) in [7, 11) is 1.17. The smallest absolute Gasteiger partial charge is 0.336 e. The number of nitrogens with two attached hydrogens (primary N) is 1. The summed E-state index contributed by atoms with van der Waals surface area (Å²) in [6.07, 6.45) is -0.703. The highest BCUT2D eigenvalue weighted by Gasteiger charge is 2.19. The van der Waals surface area contributed by atoms with E-state index in [1.807, 2.05) is 6.92 Å². The first-order valence-electron chi connectivity index (χ1n) is 4.80. The van der Waals surface area contributed by atoms with E-state index in [0.29, 0.717) is 6.42 Å². The zero-order chi connectivity index (χ0) is 11.8. The van der Waals surface area contributed by atoms with E-state index >= 15 is 0 Å². The number of amides is 1. The van der Waals surface area contributed by atoms with E-state index in [0.717, 1.165) is 0 Å². The Bertz CT molecular complexity index is 216. The van der Waals surface area contributed by atoms with Crippen molar-refractivity contribution in [3.8, 4) is 0 Å². The Balaban J connectivity index is 3.94. The summed E-state index contributed by atoms with van der Waals surface area (Å²) in [4.78, 5) is 22.2. The van der Waals surface area contributed by atoms with Crippen molar-refractivity contribution in [2.24, 2.45) is 11.7 Å². The lowest BCUT2D eigenvalue weighted by molar-refractivity contribution is -0.150. The van der Waals surface area contributed by atoms with E-state index in [4.69, 9.17) is 5.73 Å². The number of ether oxygens (including phenoxy) is 1. The second kappa shape index (κ2) is 7.19. The molecule has 0 aromatic rings. The molecule has 0 aliphatic heterocycles. The van der Waals surface area contributed by atoms with Crippen LogP contribution in [0, 0.1) is 5.92 Å². The fraction of sp³-hybridized carbons (Fsp3) is 0.778. The molecule has 88 valence electrons. The molecule has 2 unspecified atom stereocenters. The molecule has 4 N–H and O–H groups in total. The van der Waals surface area contributed by atoms with Gasteiger partial charge in [-0.05, 0) is 6.42 Å². The number of methoxy groups -OCH3 is 1. The van der Waals surface area contributed by atoms with Crippen molar-refractivity contribution in [2.45, 2.75) is 19.4 Å². The maximum Gasteiger partial charge on any atom is 0.336 e. The van der Waals surface area contributed by atoms with Crippen LogP contribution >= 0.6 is 0 Å². The minimum atomic E-state index is -1.32. The zero-order valence-corrected chi connectivity index (χ0v) is 9.03. The first kappa shape index (κ1) is 13.9. The predicted molar refractivity (Wildman–Crippen MR) is 53.9 cm³/mol. The van der Waals surface area contributed by atoms with Crippen LogP contribution in [0.1, 0.15) is 13.3 Å². The van der Waals surface area contributed by atoms with Crippen molar-refractivity contribution in [1.29, 1.82) is 0 Å². The summed E-state index contributed by atoms with van der Waals surface area (Å²) in [5.74, 6) is -1.31. The largest absolute Gasteiger partial charge is 0.467 e. The summed E-state index contributed by atoms with van der Waals surface area (Å²) in [5.41, 5.74) is 5.36. The number of rotatable bonds is 6. The molecule has 0 fully saturated rings. The van der Waals surface area contributed by atoms with Gasteiger partial charge in [0, 0.05) is 12.5 Å². The standard InChI is InChI=1S/C9H18N2O4/c1-3-6(4-10)8(13)11-5-7(12)9(14)15-2/h6-7,12H,3-5,10H2,1-2H3,(H,11,13). The minimum absolute atomic E-state index is 0.151. The molecule has 1 amide bonds. The number of nitrogens with one attached hydrogen (secondary N) is 1. The molecule has 0 aliphatic carbocycles. The van der Waals surface area contributed by atoms with Crippen LogP contribution in [0.2, 0.25) is 0 Å². The van der Waals surface area contributed by atoms with Crippen LogP contribution < -0.4 is 11.1 Å². The maximum absolute atomic E-state index is 11.4. The molecular formula is C9H18N2O4. The first-order valence-corrected chi connectivity index (χ1v) is 4.80. The fourth-order valence-electron chi connectivity index (χ4n) is 1.02. The predicted octanol–water partition coefficient (Wildman–Crippen LogP) is -1.38. The third kappa shape index (κ3) is 4.75. The van der Waals surface area contributed by atoms with Crippen LogP contribution in [-0.2, 0) is 14.3 Å². The van der Waals surface area contributed by atoms with Gasteiger partial charge in [0.1, 0.15) is 0 Å². The molecule has 6 nitrogen and oxygen atoms in total. The molecule has 0 aromatic heterocycles. The summed E-state index contributed by atoms with van der Waals surface area (Å²) < 4.78 is 4.29. The molecule has 0 radical (unpaired) electrons. The van der Waals surface area contributed by atoms with Gasteiger partial charge in [-0.3, -0.25) is 4.79 Å². The Morgan fingerprint density at radius 1 is 1.53 bits per heavy atom. The van der Waals surface area contributed by atoms with E-state index in [1.165, 1.54) is 7.11 Å². The summed E-state index contributed by atoms with van der Waals surface area (Å²) in [5, 5.41) is 11.6. The number of carbonyl (C=O) groups is 2. The van der Waals surface area contributed by atoms with Crippen molar-refractivity contribution >= 4 is 11.9 Å². The molecular weight excluding hydrogens is 200 g/mol. The molecule has 0 rings (SSSR count). The number of aliphatic hydroxyl groups is 1. The molecule has 0 saturated carbocycles. The molecule has 0 spiro atoms. The van der Waals surface area contributed by atoms with Crippen molar-refractivity contribution in [1.82, 2.24) is 5.32 Å². The van der Waals surface area contributed by atoms with Crippen LogP contribution in [0.4, 0.5) is 0 Å². The lowest BCUT2D eigenvalue weighted by Crippen LogP contribution is -2.41. The lowest BCUT2D eigenvalue weighted by atomic mass is 10.1. The molecule has 0 aliphatic rings. The van der Waals surface area contributed by atoms with Gasteiger partial charge >= 0.3 is 5.97 Å². The number of hydrogen-bond acceptors (Lipinski definition) is 5. The quantitative estimate of drug-likeness (QED) is 0.477. The number of esters is 1. The van der Waals surface area contributed by atoms with Gasteiger partial charge in [0.05, 0.1) is 13.7 Å². The molecule has 0 heterocycles. The summed E-state index contributed by atoms with van der Waals surface area (Å²) >= 11 is 0. The van der Waals surface area contributed by atoms with Crippen molar-refractivity contribution < 1.29 is 19.4 Å². The van der Waals surface area contributed by atoms with Crippen molar-refractivity contribution in [2.75, 3.05) is 20.2 Å². The van der Waals surface area contributed by atoms with E-state index in [-0.39, 0.29) is 24.9 Å². The summed E-state index contributed by atoms with van der Waals surface area (Å²) in [6.45, 7) is 1.94. The van der Waals surface area contributed by atoms with Gasteiger partial charge < -0.3 is 20.9 Å². The van der Waals surface area contributed by atoms with Crippen molar-refractivity contribution in [3.63, 3.8) is 0 Å². The Morgan fingerprint density at radius 2 is 2.13 bits per heavy atom. The Labute approximate surface area is 88.8 Å². The zero-order valence-electron chi connectivity index (χ0n) is 9.03. The second-order valence-corrected chi connectivity index (χ2v) is 3.12. The Morgan fingerprint density at radius 3 is 2.53 bits per heavy atom. The molecule has 0 saturated heterocycles. The van der Waals surface area contributed by atoms with Crippen LogP contribution in [0.15, 0.2) is 0 Å². The third-order valence-corrected chi connectivity index (χ3v) is 2.09. The average Bonchev–Trinajstić information content (AvgIpc) is 2.26. The molecule has 2 atom stereocenters. The SMILES string of the molecule is CCC(CN)C(=O)NCC(O)C(=O)OC. The van der Waals surface area contributed by atoms with Crippen LogP contribution in [-0.4, -0.2) is 43.3 Å². The van der Waals surface area contributed by atoms with E-state index in [1.54, 1.807) is 0 Å². The van der Waals surface area contributed by atoms with Crippen LogP contribution in [0.25, 0.3) is 0 Å². The topological polar surface area (TPSA) is 102 Å². The van der Waals surface area contributed by atoms with E-state index in [9.17, 15) is 14.7 Å². The number of carbonyl (C=O) groups excluding carboxylic acids is 2. The average molecular weight is 218 g/mol. The van der Waals surface area contributed by atoms with E-state index < -0.39 is 12.1 Å². The van der Waals surface area contributed by atoms with Gasteiger partial charge in [0.25, 0.3) is 0 Å². The van der Waals surface area contributed by atoms with Crippen molar-refractivity contribution in [3.05, 3.63) is 0 Å². The van der Waals surface area contributed by atoms with Gasteiger partial charge in [0.2, 0.25) is 5.91 Å². The molecule has 0 aromatic carbocycles. The Kier molecular flexibility index (Phi) is 6.64. The number of hydrogen-bond donors (Lipinski definition) is 3. The molecule has 15 heavy (non-hydrogen) atoms. The van der Waals surface area contributed by atoms with Gasteiger partial charge in [0.15, 0.2) is 6.10 Å². The maximum atomic E-state index is 11.4. The highest BCUT2D eigenvalue weighted by atomic mass is 16.5. The lowest BCUT2D eigenvalue weighted by Gasteiger charge is -2.14. The first-order chi connectivity index (χ1) is 7.06. The van der Waals surface area contributed by atoms with Gasteiger partial charge in [-0.25, -0.2) is 4.79 Å². The van der Waals surface area contributed by atoms with Gasteiger partial charge in [-0.15, -0.1) is 0 Å². The highest BCUT2D eigenvalue weighted by Crippen LogP contribution is 1.99. The van der Waals surface area contributed by atoms with E-state index in [2.05, 4.69) is 10.1 Å². The van der Waals surface area contributed by atoms with Crippen LogP contribution in [0.3, 0.4) is 0 Å². The van der Waals surface area contributed by atoms with Gasteiger partial charge in [-0.2, -0.15) is 0 Å². The molecule has 0 bridgehead atoms. The monoisotopic (exact) mass is 218 g/mol. The highest BCUT2D eigenvalue weighted by molar-refractivity contribution is 5.80. The van der Waals surface area contributed by atoms with Crippen LogP contribution in [0.5, 0.6) is 0 Å². The fourth-order valence-corrected chi connectivity index (χ4v) is 1.02. The number of aliphatic hydroxyl groups excluding tert-OH is 1.